The Kier molecular flexibility index (Phi) is 3.66. The van der Waals surface area contributed by atoms with Crippen LogP contribution in [0.25, 0.3) is 0 Å². The summed E-state index contributed by atoms with van der Waals surface area (Å²) in [5.41, 5.74) is 0.189. The zero-order chi connectivity index (χ0) is 15.0. The minimum Gasteiger partial charge on any atom is -0.288 e. The van der Waals surface area contributed by atoms with Crippen molar-refractivity contribution in [2.45, 2.75) is 20.8 Å². The molecule has 0 aliphatic heterocycles. The molecule has 0 bridgehead atoms. The van der Waals surface area contributed by atoms with Crippen LogP contribution in [0.3, 0.4) is 0 Å². The van der Waals surface area contributed by atoms with Crippen LogP contribution in [0.4, 0.5) is 13.2 Å². The molecule has 0 unspecified atom stereocenters. The Morgan fingerprint density at radius 1 is 0.850 bits per heavy atom. The van der Waals surface area contributed by atoms with Gasteiger partial charge in [-0.25, -0.2) is 13.2 Å². The van der Waals surface area contributed by atoms with Crippen LogP contribution in [0, 0.1) is 38.2 Å². The summed E-state index contributed by atoms with van der Waals surface area (Å²) in [5.74, 6) is -3.01. The maximum absolute atomic E-state index is 13.9. The number of benzene rings is 2. The predicted octanol–water partition coefficient (Wildman–Crippen LogP) is 4.26. The summed E-state index contributed by atoms with van der Waals surface area (Å²) < 4.78 is 41.2. The number of rotatable bonds is 2. The first-order valence-electron chi connectivity index (χ1n) is 6.09. The normalized spacial score (nSPS) is 10.7. The van der Waals surface area contributed by atoms with E-state index in [0.717, 1.165) is 6.07 Å². The number of halogens is 3. The Bertz CT molecular complexity index is 682. The predicted molar refractivity (Wildman–Crippen MR) is 70.4 cm³/mol. The Morgan fingerprint density at radius 2 is 1.40 bits per heavy atom. The van der Waals surface area contributed by atoms with E-state index in [1.807, 2.05) is 0 Å². The van der Waals surface area contributed by atoms with Crippen LogP contribution in [0.1, 0.15) is 32.6 Å². The van der Waals surface area contributed by atoms with Crippen molar-refractivity contribution in [1.29, 1.82) is 0 Å². The van der Waals surface area contributed by atoms with Gasteiger partial charge in [0.25, 0.3) is 0 Å². The number of hydrogen-bond acceptors (Lipinski definition) is 1. The van der Waals surface area contributed by atoms with Crippen molar-refractivity contribution in [3.8, 4) is 0 Å². The number of aryl methyl sites for hydroxylation is 3. The highest BCUT2D eigenvalue weighted by Gasteiger charge is 2.21. The van der Waals surface area contributed by atoms with Gasteiger partial charge in [0.1, 0.15) is 17.5 Å². The first kappa shape index (κ1) is 14.3. The fourth-order valence-corrected chi connectivity index (χ4v) is 2.09. The van der Waals surface area contributed by atoms with Gasteiger partial charge in [-0.2, -0.15) is 0 Å². The van der Waals surface area contributed by atoms with Crippen molar-refractivity contribution >= 4 is 5.78 Å². The standard InChI is InChI=1S/C16H13F3O/c1-8-4-5-12(17)13(15(8)19)16(20)11-6-9(2)14(18)10(3)7-11/h4-7H,1-3H3. The van der Waals surface area contributed by atoms with Crippen molar-refractivity contribution in [2.75, 3.05) is 0 Å². The Balaban J connectivity index is 2.61. The molecule has 1 nitrogen and oxygen atoms in total. The molecule has 0 radical (unpaired) electrons. The van der Waals surface area contributed by atoms with Gasteiger partial charge < -0.3 is 0 Å². The first-order valence-corrected chi connectivity index (χ1v) is 6.09. The van der Waals surface area contributed by atoms with Gasteiger partial charge in [0.2, 0.25) is 0 Å². The van der Waals surface area contributed by atoms with E-state index < -0.39 is 28.8 Å². The van der Waals surface area contributed by atoms with Gasteiger partial charge in [-0.3, -0.25) is 4.79 Å². The van der Waals surface area contributed by atoms with E-state index in [1.165, 1.54) is 39.0 Å². The average molecular weight is 278 g/mol. The van der Waals surface area contributed by atoms with E-state index in [1.54, 1.807) is 0 Å². The molecule has 0 amide bonds. The maximum atomic E-state index is 13.9. The van der Waals surface area contributed by atoms with Crippen LogP contribution in [0.5, 0.6) is 0 Å². The maximum Gasteiger partial charge on any atom is 0.198 e. The SMILES string of the molecule is Cc1cc(C(=O)c2c(F)ccc(C)c2F)cc(C)c1F. The molecule has 0 saturated heterocycles. The lowest BCUT2D eigenvalue weighted by Crippen LogP contribution is -2.10. The van der Waals surface area contributed by atoms with Gasteiger partial charge in [0.15, 0.2) is 5.78 Å². The fourth-order valence-electron chi connectivity index (χ4n) is 2.09. The Labute approximate surface area is 115 Å². The van der Waals surface area contributed by atoms with E-state index in [-0.39, 0.29) is 22.3 Å². The molecule has 2 aromatic rings. The fraction of sp³-hybridized carbons (Fsp3) is 0.188. The van der Waals surface area contributed by atoms with E-state index >= 15 is 0 Å². The largest absolute Gasteiger partial charge is 0.288 e. The minimum atomic E-state index is -0.919. The lowest BCUT2D eigenvalue weighted by molar-refractivity contribution is 0.103. The van der Waals surface area contributed by atoms with E-state index in [4.69, 9.17) is 0 Å². The molecule has 0 aromatic heterocycles. The third-order valence-electron chi connectivity index (χ3n) is 3.21. The lowest BCUT2D eigenvalue weighted by atomic mass is 9.97. The summed E-state index contributed by atoms with van der Waals surface area (Å²) in [6.45, 7) is 4.46. The molecule has 0 aliphatic carbocycles. The van der Waals surface area contributed by atoms with Crippen molar-refractivity contribution in [1.82, 2.24) is 0 Å². The third kappa shape index (κ3) is 2.33. The quantitative estimate of drug-likeness (QED) is 0.750. The Hall–Kier alpha value is -2.10. The zero-order valence-electron chi connectivity index (χ0n) is 11.4. The molecule has 0 aliphatic rings. The number of carbonyl (C=O) groups excluding carboxylic acids is 1. The molecule has 0 heterocycles. The highest BCUT2D eigenvalue weighted by molar-refractivity contribution is 6.09. The second-order valence-corrected chi connectivity index (χ2v) is 4.81. The molecular weight excluding hydrogens is 265 g/mol. The van der Waals surface area contributed by atoms with Gasteiger partial charge in [-0.1, -0.05) is 6.07 Å². The minimum absolute atomic E-state index is 0.0739. The molecule has 4 heteroatoms. The molecular formula is C16H13F3O. The van der Waals surface area contributed by atoms with Gasteiger partial charge >= 0.3 is 0 Å². The number of hydrogen-bond donors (Lipinski definition) is 0. The number of ketones is 1. The highest BCUT2D eigenvalue weighted by atomic mass is 19.1. The topological polar surface area (TPSA) is 17.1 Å². The van der Waals surface area contributed by atoms with E-state index in [2.05, 4.69) is 0 Å². The van der Waals surface area contributed by atoms with Crippen molar-refractivity contribution in [2.24, 2.45) is 0 Å². The first-order chi connectivity index (χ1) is 9.32. The molecule has 20 heavy (non-hydrogen) atoms. The lowest BCUT2D eigenvalue weighted by Gasteiger charge is -2.09. The van der Waals surface area contributed by atoms with Crippen LogP contribution in [0.2, 0.25) is 0 Å². The summed E-state index contributed by atoms with van der Waals surface area (Å²) in [6.07, 6.45) is 0. The van der Waals surface area contributed by atoms with Gasteiger partial charge in [0.05, 0.1) is 5.56 Å². The molecule has 0 atom stereocenters. The summed E-state index contributed by atoms with van der Waals surface area (Å²) in [5, 5.41) is 0. The number of carbonyl (C=O) groups is 1. The van der Waals surface area contributed by atoms with Gasteiger partial charge in [0, 0.05) is 5.56 Å². The summed E-state index contributed by atoms with van der Waals surface area (Å²) in [6, 6.07) is 4.91. The molecule has 0 N–H and O–H groups in total. The zero-order valence-corrected chi connectivity index (χ0v) is 11.4. The summed E-state index contributed by atoms with van der Waals surface area (Å²) in [4.78, 5) is 12.3. The van der Waals surface area contributed by atoms with E-state index in [0.29, 0.717) is 0 Å². The van der Waals surface area contributed by atoms with Crippen LogP contribution in [-0.2, 0) is 0 Å². The average Bonchev–Trinajstić information content (AvgIpc) is 2.40. The van der Waals surface area contributed by atoms with Crippen molar-refractivity contribution in [3.63, 3.8) is 0 Å². The van der Waals surface area contributed by atoms with Crippen LogP contribution in [0.15, 0.2) is 24.3 Å². The Morgan fingerprint density at radius 3 is 1.95 bits per heavy atom. The second-order valence-electron chi connectivity index (χ2n) is 4.81. The smallest absolute Gasteiger partial charge is 0.198 e. The second kappa shape index (κ2) is 5.12. The van der Waals surface area contributed by atoms with Gasteiger partial charge in [-0.15, -0.1) is 0 Å². The summed E-state index contributed by atoms with van der Waals surface area (Å²) >= 11 is 0. The van der Waals surface area contributed by atoms with E-state index in [9.17, 15) is 18.0 Å². The molecule has 0 spiro atoms. The molecule has 0 saturated carbocycles. The van der Waals surface area contributed by atoms with Crippen LogP contribution < -0.4 is 0 Å². The monoisotopic (exact) mass is 278 g/mol. The third-order valence-corrected chi connectivity index (χ3v) is 3.21. The highest BCUT2D eigenvalue weighted by Crippen LogP contribution is 2.22. The molecule has 0 fully saturated rings. The van der Waals surface area contributed by atoms with Crippen LogP contribution in [-0.4, -0.2) is 5.78 Å². The molecule has 104 valence electrons. The van der Waals surface area contributed by atoms with Gasteiger partial charge in [-0.05, 0) is 55.7 Å². The van der Waals surface area contributed by atoms with Crippen molar-refractivity contribution < 1.29 is 18.0 Å². The molecule has 2 rings (SSSR count). The van der Waals surface area contributed by atoms with Crippen molar-refractivity contribution in [3.05, 3.63) is 69.5 Å². The van der Waals surface area contributed by atoms with Crippen LogP contribution >= 0.6 is 0 Å². The summed E-state index contributed by atoms with van der Waals surface area (Å²) in [7, 11) is 0. The molecule has 2 aromatic carbocycles.